The van der Waals surface area contributed by atoms with Gasteiger partial charge in [0.05, 0.1) is 18.5 Å². The Morgan fingerprint density at radius 1 is 1.03 bits per heavy atom. The van der Waals surface area contributed by atoms with Crippen molar-refractivity contribution in [3.8, 4) is 22.7 Å². The molecule has 0 aliphatic rings. The quantitative estimate of drug-likeness (QED) is 0.432. The van der Waals surface area contributed by atoms with Crippen molar-refractivity contribution in [2.45, 2.75) is 19.4 Å². The van der Waals surface area contributed by atoms with Gasteiger partial charge in [0.25, 0.3) is 0 Å². The van der Waals surface area contributed by atoms with Gasteiger partial charge in [-0.15, -0.1) is 0 Å². The highest BCUT2D eigenvalue weighted by Gasteiger charge is 2.15. The summed E-state index contributed by atoms with van der Waals surface area (Å²) in [6.45, 7) is 0.491. The second-order valence-electron chi connectivity index (χ2n) is 7.42. The molecule has 4 aromatic rings. The summed E-state index contributed by atoms with van der Waals surface area (Å²) in [6, 6.07) is 23.7. The summed E-state index contributed by atoms with van der Waals surface area (Å²) in [5.74, 6) is 0.348. The fourth-order valence-electron chi connectivity index (χ4n) is 3.49. The molecule has 0 saturated heterocycles. The van der Waals surface area contributed by atoms with Crippen LogP contribution in [0, 0.1) is 5.82 Å². The van der Waals surface area contributed by atoms with E-state index < -0.39 is 0 Å². The third-order valence-corrected chi connectivity index (χ3v) is 5.16. The zero-order chi connectivity index (χ0) is 22.3. The molecule has 0 saturated carbocycles. The largest absolute Gasteiger partial charge is 0.497 e. The van der Waals surface area contributed by atoms with Crippen LogP contribution < -0.4 is 10.1 Å². The summed E-state index contributed by atoms with van der Waals surface area (Å²) in [5.41, 5.74) is 4.19. The number of aromatic nitrogens is 2. The molecule has 162 valence electrons. The van der Waals surface area contributed by atoms with Crippen LogP contribution in [0.4, 0.5) is 4.39 Å². The molecule has 6 heteroatoms. The zero-order valence-electron chi connectivity index (χ0n) is 17.8. The summed E-state index contributed by atoms with van der Waals surface area (Å²) < 4.78 is 20.7. The van der Waals surface area contributed by atoms with Crippen LogP contribution in [0.15, 0.2) is 85.1 Å². The van der Waals surface area contributed by atoms with E-state index in [-0.39, 0.29) is 11.7 Å². The Morgan fingerprint density at radius 3 is 2.62 bits per heavy atom. The summed E-state index contributed by atoms with van der Waals surface area (Å²) in [5, 5.41) is 7.66. The second kappa shape index (κ2) is 9.92. The van der Waals surface area contributed by atoms with Gasteiger partial charge in [-0.25, -0.2) is 9.07 Å². The van der Waals surface area contributed by atoms with Crippen LogP contribution in [-0.2, 0) is 17.8 Å². The minimum Gasteiger partial charge on any atom is -0.497 e. The van der Waals surface area contributed by atoms with Gasteiger partial charge in [0.15, 0.2) is 0 Å². The first-order chi connectivity index (χ1) is 15.6. The van der Waals surface area contributed by atoms with Crippen LogP contribution in [0.3, 0.4) is 0 Å². The zero-order valence-corrected chi connectivity index (χ0v) is 17.8. The van der Waals surface area contributed by atoms with Gasteiger partial charge in [-0.2, -0.15) is 5.10 Å². The standard InChI is InChI=1S/C26H24FN3O2/c1-32-24-12-5-9-20(15-24)26-21(18-30(29-26)23-11-6-10-22(27)16-23)13-14-25(31)28-17-19-7-3-2-4-8-19/h2-12,15-16,18H,13-14,17H2,1H3,(H,28,31). The molecule has 0 aliphatic heterocycles. The van der Waals surface area contributed by atoms with Crippen molar-refractivity contribution >= 4 is 5.91 Å². The molecule has 0 aliphatic carbocycles. The number of amides is 1. The summed E-state index contributed by atoms with van der Waals surface area (Å²) in [7, 11) is 1.61. The molecule has 0 atom stereocenters. The number of ether oxygens (including phenoxy) is 1. The van der Waals surface area contributed by atoms with Crippen molar-refractivity contribution in [2.24, 2.45) is 0 Å². The minimum atomic E-state index is -0.331. The molecule has 1 amide bonds. The van der Waals surface area contributed by atoms with E-state index in [1.165, 1.54) is 12.1 Å². The smallest absolute Gasteiger partial charge is 0.220 e. The molecular weight excluding hydrogens is 405 g/mol. The topological polar surface area (TPSA) is 56.2 Å². The first-order valence-corrected chi connectivity index (χ1v) is 10.4. The maximum Gasteiger partial charge on any atom is 0.220 e. The third kappa shape index (κ3) is 5.21. The van der Waals surface area contributed by atoms with E-state index in [1.54, 1.807) is 23.9 Å². The van der Waals surface area contributed by atoms with Gasteiger partial charge in [-0.1, -0.05) is 48.5 Å². The predicted octanol–water partition coefficient (Wildman–Crippen LogP) is 4.94. The third-order valence-electron chi connectivity index (χ3n) is 5.16. The summed E-state index contributed by atoms with van der Waals surface area (Å²) in [4.78, 5) is 12.5. The highest BCUT2D eigenvalue weighted by atomic mass is 19.1. The van der Waals surface area contributed by atoms with Gasteiger partial charge in [-0.05, 0) is 47.9 Å². The molecule has 1 heterocycles. The summed E-state index contributed by atoms with van der Waals surface area (Å²) >= 11 is 0. The Morgan fingerprint density at radius 2 is 1.84 bits per heavy atom. The van der Waals surface area contributed by atoms with E-state index in [0.29, 0.717) is 30.8 Å². The molecule has 5 nitrogen and oxygen atoms in total. The lowest BCUT2D eigenvalue weighted by molar-refractivity contribution is -0.121. The van der Waals surface area contributed by atoms with Crippen molar-refractivity contribution in [1.29, 1.82) is 0 Å². The van der Waals surface area contributed by atoms with Crippen LogP contribution in [-0.4, -0.2) is 22.8 Å². The van der Waals surface area contributed by atoms with E-state index in [4.69, 9.17) is 9.84 Å². The molecule has 1 aromatic heterocycles. The molecule has 0 spiro atoms. The predicted molar refractivity (Wildman–Crippen MR) is 122 cm³/mol. The van der Waals surface area contributed by atoms with Crippen LogP contribution in [0.5, 0.6) is 5.75 Å². The average molecular weight is 429 g/mol. The van der Waals surface area contributed by atoms with E-state index >= 15 is 0 Å². The number of nitrogens with one attached hydrogen (secondary N) is 1. The highest BCUT2D eigenvalue weighted by molar-refractivity contribution is 5.76. The van der Waals surface area contributed by atoms with Crippen LogP contribution in [0.1, 0.15) is 17.5 Å². The normalized spacial score (nSPS) is 10.7. The molecule has 0 unspecified atom stereocenters. The monoisotopic (exact) mass is 429 g/mol. The van der Waals surface area contributed by atoms with Gasteiger partial charge in [0.1, 0.15) is 11.6 Å². The number of aryl methyl sites for hydroxylation is 1. The van der Waals surface area contributed by atoms with Crippen molar-refractivity contribution in [3.05, 3.63) is 102 Å². The molecule has 1 N–H and O–H groups in total. The Balaban J connectivity index is 1.55. The van der Waals surface area contributed by atoms with Gasteiger partial charge >= 0.3 is 0 Å². The van der Waals surface area contributed by atoms with Gasteiger partial charge in [0, 0.05) is 24.7 Å². The maximum atomic E-state index is 13.7. The summed E-state index contributed by atoms with van der Waals surface area (Å²) in [6.07, 6.45) is 2.68. The van der Waals surface area contributed by atoms with E-state index in [1.807, 2.05) is 60.8 Å². The number of hydrogen-bond donors (Lipinski definition) is 1. The highest BCUT2D eigenvalue weighted by Crippen LogP contribution is 2.28. The number of hydrogen-bond acceptors (Lipinski definition) is 3. The number of rotatable bonds is 8. The first kappa shape index (κ1) is 21.3. The molecule has 0 bridgehead atoms. The van der Waals surface area contributed by atoms with E-state index in [0.717, 1.165) is 22.4 Å². The molecule has 0 radical (unpaired) electrons. The maximum absolute atomic E-state index is 13.7. The van der Waals surface area contributed by atoms with E-state index in [9.17, 15) is 9.18 Å². The van der Waals surface area contributed by atoms with Gasteiger partial charge in [-0.3, -0.25) is 4.79 Å². The number of halogens is 1. The van der Waals surface area contributed by atoms with Gasteiger partial charge < -0.3 is 10.1 Å². The van der Waals surface area contributed by atoms with Crippen LogP contribution in [0.25, 0.3) is 16.9 Å². The lowest BCUT2D eigenvalue weighted by Crippen LogP contribution is -2.22. The SMILES string of the molecule is COc1cccc(-c2nn(-c3cccc(F)c3)cc2CCC(=O)NCc2ccccc2)c1. The first-order valence-electron chi connectivity index (χ1n) is 10.4. The number of nitrogens with zero attached hydrogens (tertiary/aromatic N) is 2. The Kier molecular flexibility index (Phi) is 6.60. The Labute approximate surface area is 186 Å². The van der Waals surface area contributed by atoms with Crippen LogP contribution in [0.2, 0.25) is 0 Å². The Hall–Kier alpha value is -3.93. The lowest BCUT2D eigenvalue weighted by atomic mass is 10.0. The van der Waals surface area contributed by atoms with Crippen LogP contribution >= 0.6 is 0 Å². The number of methoxy groups -OCH3 is 1. The van der Waals surface area contributed by atoms with E-state index in [2.05, 4.69) is 5.32 Å². The van der Waals surface area contributed by atoms with Crippen molar-refractivity contribution in [3.63, 3.8) is 0 Å². The molecule has 4 rings (SSSR count). The molecule has 3 aromatic carbocycles. The fraction of sp³-hybridized carbons (Fsp3) is 0.154. The molecule has 32 heavy (non-hydrogen) atoms. The van der Waals surface area contributed by atoms with Crippen molar-refractivity contribution < 1.29 is 13.9 Å². The fourth-order valence-corrected chi connectivity index (χ4v) is 3.49. The lowest BCUT2D eigenvalue weighted by Gasteiger charge is -2.06. The minimum absolute atomic E-state index is 0.0380. The number of carbonyl (C=O) groups excluding carboxylic acids is 1. The Bertz CT molecular complexity index is 1200. The van der Waals surface area contributed by atoms with Gasteiger partial charge in [0.2, 0.25) is 5.91 Å². The number of carbonyl (C=O) groups is 1. The number of benzene rings is 3. The van der Waals surface area contributed by atoms with Crippen molar-refractivity contribution in [2.75, 3.05) is 7.11 Å². The molecular formula is C26H24FN3O2. The van der Waals surface area contributed by atoms with Crippen molar-refractivity contribution in [1.82, 2.24) is 15.1 Å². The second-order valence-corrected chi connectivity index (χ2v) is 7.42. The molecule has 0 fully saturated rings. The average Bonchev–Trinajstić information content (AvgIpc) is 3.26.